The molecule has 0 unspecified atom stereocenters. The van der Waals surface area contributed by atoms with Crippen molar-refractivity contribution in [3.63, 3.8) is 0 Å². The van der Waals surface area contributed by atoms with E-state index in [0.29, 0.717) is 10.9 Å². The van der Waals surface area contributed by atoms with Crippen LogP contribution in [0.4, 0.5) is 0 Å². The highest BCUT2D eigenvalue weighted by molar-refractivity contribution is 9.10. The van der Waals surface area contributed by atoms with E-state index in [9.17, 15) is 18.0 Å². The maximum absolute atomic E-state index is 12.5. The smallest absolute Gasteiger partial charge is 0.261 e. The lowest BCUT2D eigenvalue weighted by atomic mass is 10.2. The molecule has 0 spiro atoms. The SMILES string of the molecule is O=C(CCn1cnc2ccc(Br)cc2c1=O)NCCS(=O)(=O)NCc1ccccc1. The van der Waals surface area contributed by atoms with Crippen LogP contribution in [0.15, 0.2) is 64.1 Å². The molecular weight excluding hydrogens is 472 g/mol. The Bertz CT molecular complexity index is 1200. The largest absolute Gasteiger partial charge is 0.355 e. The quantitative estimate of drug-likeness (QED) is 0.473. The summed E-state index contributed by atoms with van der Waals surface area (Å²) in [6, 6.07) is 14.4. The number of carbonyl (C=O) groups is 1. The zero-order valence-corrected chi connectivity index (χ0v) is 18.4. The molecule has 10 heteroatoms. The Morgan fingerprint density at radius 1 is 1.13 bits per heavy atom. The first-order chi connectivity index (χ1) is 14.3. The molecule has 1 heterocycles. The second kappa shape index (κ2) is 9.96. The van der Waals surface area contributed by atoms with Gasteiger partial charge >= 0.3 is 0 Å². The highest BCUT2D eigenvalue weighted by Gasteiger charge is 2.11. The van der Waals surface area contributed by atoms with E-state index in [1.54, 1.807) is 18.2 Å². The van der Waals surface area contributed by atoms with Crippen molar-refractivity contribution in [2.75, 3.05) is 12.3 Å². The molecule has 0 atom stereocenters. The van der Waals surface area contributed by atoms with Gasteiger partial charge in [0.05, 0.1) is 23.0 Å². The van der Waals surface area contributed by atoms with Gasteiger partial charge in [0.1, 0.15) is 0 Å². The molecule has 8 nitrogen and oxygen atoms in total. The van der Waals surface area contributed by atoms with Gasteiger partial charge in [-0.25, -0.2) is 18.1 Å². The minimum atomic E-state index is -3.51. The summed E-state index contributed by atoms with van der Waals surface area (Å²) in [5, 5.41) is 3.03. The van der Waals surface area contributed by atoms with E-state index in [1.165, 1.54) is 10.9 Å². The molecule has 0 aliphatic heterocycles. The molecule has 3 rings (SSSR count). The molecule has 30 heavy (non-hydrogen) atoms. The summed E-state index contributed by atoms with van der Waals surface area (Å²) in [5.74, 6) is -0.564. The molecule has 0 aliphatic rings. The molecule has 0 bridgehead atoms. The van der Waals surface area contributed by atoms with E-state index in [-0.39, 0.29) is 43.3 Å². The van der Waals surface area contributed by atoms with Crippen LogP contribution in [-0.2, 0) is 27.9 Å². The summed E-state index contributed by atoms with van der Waals surface area (Å²) >= 11 is 3.33. The van der Waals surface area contributed by atoms with Crippen molar-refractivity contribution >= 4 is 42.8 Å². The van der Waals surface area contributed by atoms with Crippen LogP contribution in [-0.4, -0.2) is 36.2 Å². The van der Waals surface area contributed by atoms with Crippen molar-refractivity contribution in [3.05, 3.63) is 75.2 Å². The fourth-order valence-corrected chi connectivity index (χ4v) is 4.05. The van der Waals surface area contributed by atoms with Gasteiger partial charge in [0.25, 0.3) is 5.56 Å². The topological polar surface area (TPSA) is 110 Å². The van der Waals surface area contributed by atoms with Gasteiger partial charge in [0.15, 0.2) is 0 Å². The highest BCUT2D eigenvalue weighted by Crippen LogP contribution is 2.14. The van der Waals surface area contributed by atoms with E-state index >= 15 is 0 Å². The van der Waals surface area contributed by atoms with Crippen LogP contribution in [0.5, 0.6) is 0 Å². The van der Waals surface area contributed by atoms with E-state index < -0.39 is 10.0 Å². The van der Waals surface area contributed by atoms with Gasteiger partial charge in [-0.15, -0.1) is 0 Å². The van der Waals surface area contributed by atoms with Gasteiger partial charge < -0.3 is 5.32 Å². The number of aryl methyl sites for hydroxylation is 1. The molecule has 1 aromatic heterocycles. The zero-order valence-electron chi connectivity index (χ0n) is 16.0. The number of amides is 1. The Kier molecular flexibility index (Phi) is 7.35. The molecule has 158 valence electrons. The third-order valence-corrected chi connectivity index (χ3v) is 6.22. The molecule has 0 saturated carbocycles. The monoisotopic (exact) mass is 492 g/mol. The number of fused-ring (bicyclic) bond motifs is 1. The normalized spacial score (nSPS) is 11.5. The Labute approximate surface area is 182 Å². The second-order valence-electron chi connectivity index (χ2n) is 6.63. The van der Waals surface area contributed by atoms with Crippen molar-refractivity contribution in [2.24, 2.45) is 0 Å². The van der Waals surface area contributed by atoms with Crippen molar-refractivity contribution in [2.45, 2.75) is 19.5 Å². The highest BCUT2D eigenvalue weighted by atomic mass is 79.9. The first-order valence-corrected chi connectivity index (χ1v) is 11.7. The number of rotatable bonds is 9. The minimum Gasteiger partial charge on any atom is -0.355 e. The Hall–Kier alpha value is -2.56. The summed E-state index contributed by atoms with van der Waals surface area (Å²) in [4.78, 5) is 28.8. The van der Waals surface area contributed by atoms with Gasteiger partial charge in [-0.05, 0) is 23.8 Å². The Balaban J connectivity index is 1.46. The second-order valence-corrected chi connectivity index (χ2v) is 9.47. The standard InChI is InChI=1S/C20H21BrN4O4S/c21-16-6-7-18-17(12-16)20(27)25(14-23-18)10-8-19(26)22-9-11-30(28,29)24-13-15-4-2-1-3-5-15/h1-7,12,14,24H,8-11,13H2,(H,22,26). The fraction of sp³-hybridized carbons (Fsp3) is 0.250. The van der Waals surface area contributed by atoms with E-state index in [1.807, 2.05) is 30.3 Å². The maximum atomic E-state index is 12.5. The number of halogens is 1. The van der Waals surface area contributed by atoms with E-state index in [4.69, 9.17) is 0 Å². The fourth-order valence-electron chi connectivity index (χ4n) is 2.79. The average molecular weight is 493 g/mol. The van der Waals surface area contributed by atoms with Crippen molar-refractivity contribution in [3.8, 4) is 0 Å². The zero-order chi connectivity index (χ0) is 21.6. The first kappa shape index (κ1) is 22.1. The molecule has 2 aromatic carbocycles. The summed E-state index contributed by atoms with van der Waals surface area (Å²) in [6.45, 7) is 0.338. The first-order valence-electron chi connectivity index (χ1n) is 9.27. The van der Waals surface area contributed by atoms with Crippen molar-refractivity contribution in [1.82, 2.24) is 19.6 Å². The average Bonchev–Trinajstić information content (AvgIpc) is 2.73. The van der Waals surface area contributed by atoms with Gasteiger partial charge in [0.2, 0.25) is 15.9 Å². The van der Waals surface area contributed by atoms with Gasteiger partial charge in [-0.2, -0.15) is 0 Å². The number of carbonyl (C=O) groups excluding carboxylic acids is 1. The molecule has 0 fully saturated rings. The number of aromatic nitrogens is 2. The van der Waals surface area contributed by atoms with Crippen LogP contribution in [0.2, 0.25) is 0 Å². The number of nitrogens with zero attached hydrogens (tertiary/aromatic N) is 2. The lowest BCUT2D eigenvalue weighted by Gasteiger charge is -2.09. The van der Waals surface area contributed by atoms with Crippen molar-refractivity contribution in [1.29, 1.82) is 0 Å². The van der Waals surface area contributed by atoms with E-state index in [2.05, 4.69) is 31.0 Å². The maximum Gasteiger partial charge on any atom is 0.261 e. The van der Waals surface area contributed by atoms with Crippen LogP contribution in [0.3, 0.4) is 0 Å². The number of hydrogen-bond donors (Lipinski definition) is 2. The molecule has 0 radical (unpaired) electrons. The summed E-state index contributed by atoms with van der Waals surface area (Å²) < 4.78 is 28.7. The lowest BCUT2D eigenvalue weighted by molar-refractivity contribution is -0.121. The lowest BCUT2D eigenvalue weighted by Crippen LogP contribution is -2.35. The summed E-state index contributed by atoms with van der Waals surface area (Å²) in [5.41, 5.74) is 1.20. The number of benzene rings is 2. The van der Waals surface area contributed by atoms with Crippen LogP contribution < -0.4 is 15.6 Å². The minimum absolute atomic E-state index is 0.0131. The Morgan fingerprint density at radius 3 is 2.67 bits per heavy atom. The Morgan fingerprint density at radius 2 is 1.90 bits per heavy atom. The number of sulfonamides is 1. The van der Waals surface area contributed by atoms with E-state index in [0.717, 1.165) is 10.0 Å². The molecule has 0 aliphatic carbocycles. The molecule has 2 N–H and O–H groups in total. The summed E-state index contributed by atoms with van der Waals surface area (Å²) in [6.07, 6.45) is 1.45. The number of hydrogen-bond acceptors (Lipinski definition) is 5. The molecular formula is C20H21BrN4O4S. The third kappa shape index (κ3) is 6.22. The van der Waals surface area contributed by atoms with Crippen LogP contribution in [0, 0.1) is 0 Å². The predicted molar refractivity (Wildman–Crippen MR) is 118 cm³/mol. The number of nitrogens with one attached hydrogen (secondary N) is 2. The summed E-state index contributed by atoms with van der Waals surface area (Å²) in [7, 11) is -3.51. The van der Waals surface area contributed by atoms with Crippen LogP contribution in [0.1, 0.15) is 12.0 Å². The molecule has 0 saturated heterocycles. The molecule has 3 aromatic rings. The van der Waals surface area contributed by atoms with Crippen LogP contribution in [0.25, 0.3) is 10.9 Å². The van der Waals surface area contributed by atoms with Crippen molar-refractivity contribution < 1.29 is 13.2 Å². The third-order valence-electron chi connectivity index (χ3n) is 4.40. The van der Waals surface area contributed by atoms with Gasteiger partial charge in [-0.1, -0.05) is 46.3 Å². The molecule has 1 amide bonds. The predicted octanol–water partition coefficient (Wildman–Crippen LogP) is 1.78. The van der Waals surface area contributed by atoms with Gasteiger partial charge in [-0.3, -0.25) is 14.2 Å². The van der Waals surface area contributed by atoms with Crippen LogP contribution >= 0.6 is 15.9 Å². The van der Waals surface area contributed by atoms with Gasteiger partial charge in [0, 0.05) is 30.5 Å².